The molecule has 1 amide bonds. The Morgan fingerprint density at radius 2 is 1.85 bits per heavy atom. The predicted molar refractivity (Wildman–Crippen MR) is 96.4 cm³/mol. The Balaban J connectivity index is 2.00. The van der Waals surface area contributed by atoms with Crippen LogP contribution in [0.25, 0.3) is 0 Å². The number of likely N-dealkylation sites (N-methyl/N-ethyl adjacent to an activating group) is 1. The van der Waals surface area contributed by atoms with Gasteiger partial charge in [0, 0.05) is 18.6 Å². The van der Waals surface area contributed by atoms with Crippen LogP contribution in [0.15, 0.2) is 36.4 Å². The summed E-state index contributed by atoms with van der Waals surface area (Å²) in [6.07, 6.45) is 0. The van der Waals surface area contributed by atoms with E-state index in [9.17, 15) is 14.0 Å². The van der Waals surface area contributed by atoms with Gasteiger partial charge >= 0.3 is 0 Å². The summed E-state index contributed by atoms with van der Waals surface area (Å²) in [7, 11) is 2.97. The van der Waals surface area contributed by atoms with Crippen LogP contribution in [0.1, 0.15) is 22.8 Å². The van der Waals surface area contributed by atoms with Crippen LogP contribution < -0.4 is 9.47 Å². The molecule has 0 N–H and O–H groups in total. The topological polar surface area (TPSA) is 55.8 Å². The maximum absolute atomic E-state index is 13.7. The minimum Gasteiger partial charge on any atom is -0.494 e. The number of carbonyl (C=O) groups excluding carboxylic acids is 2. The van der Waals surface area contributed by atoms with Crippen molar-refractivity contribution in [3.63, 3.8) is 0 Å². The van der Waals surface area contributed by atoms with Crippen LogP contribution in [0.2, 0.25) is 5.02 Å². The Labute approximate surface area is 156 Å². The molecule has 138 valence electrons. The highest BCUT2D eigenvalue weighted by Gasteiger charge is 2.15. The van der Waals surface area contributed by atoms with Gasteiger partial charge in [-0.2, -0.15) is 0 Å². The van der Waals surface area contributed by atoms with Crippen LogP contribution in [0, 0.1) is 5.82 Å². The van der Waals surface area contributed by atoms with Gasteiger partial charge in [0.25, 0.3) is 5.91 Å². The summed E-state index contributed by atoms with van der Waals surface area (Å²) in [5.41, 5.74) is 0.931. The molecule has 0 heterocycles. The maximum Gasteiger partial charge on any atom is 0.260 e. The lowest BCUT2D eigenvalue weighted by Gasteiger charge is -2.18. The zero-order chi connectivity index (χ0) is 19.3. The lowest BCUT2D eigenvalue weighted by molar-refractivity contribution is -0.132. The second-order valence-corrected chi connectivity index (χ2v) is 6.14. The zero-order valence-corrected chi connectivity index (χ0v) is 15.5. The summed E-state index contributed by atoms with van der Waals surface area (Å²) in [6, 6.07) is 9.12. The number of ketones is 1. The van der Waals surface area contributed by atoms with Gasteiger partial charge in [-0.3, -0.25) is 9.59 Å². The molecule has 0 atom stereocenters. The van der Waals surface area contributed by atoms with Gasteiger partial charge in [0.1, 0.15) is 5.75 Å². The van der Waals surface area contributed by atoms with Crippen LogP contribution >= 0.6 is 11.6 Å². The maximum atomic E-state index is 13.7. The normalized spacial score (nSPS) is 10.3. The van der Waals surface area contributed by atoms with Crippen LogP contribution in [0.5, 0.6) is 11.5 Å². The van der Waals surface area contributed by atoms with Crippen molar-refractivity contribution in [1.82, 2.24) is 4.90 Å². The Hall–Kier alpha value is -2.60. The summed E-state index contributed by atoms with van der Waals surface area (Å²) in [6.45, 7) is 1.35. The number of halogens is 2. The van der Waals surface area contributed by atoms with Gasteiger partial charge in [0.05, 0.1) is 12.7 Å². The molecule has 26 heavy (non-hydrogen) atoms. The third kappa shape index (κ3) is 4.95. The van der Waals surface area contributed by atoms with Crippen molar-refractivity contribution in [2.24, 2.45) is 0 Å². The quantitative estimate of drug-likeness (QED) is 0.688. The van der Waals surface area contributed by atoms with Gasteiger partial charge in [0.2, 0.25) is 0 Å². The average Bonchev–Trinajstić information content (AvgIpc) is 2.60. The van der Waals surface area contributed by atoms with Gasteiger partial charge in [-0.25, -0.2) is 4.39 Å². The predicted octanol–water partition coefficient (Wildman–Crippen LogP) is 3.73. The zero-order valence-electron chi connectivity index (χ0n) is 14.7. The van der Waals surface area contributed by atoms with Crippen molar-refractivity contribution >= 4 is 23.3 Å². The molecule has 0 radical (unpaired) electrons. The van der Waals surface area contributed by atoms with Gasteiger partial charge in [-0.05, 0) is 42.8 Å². The molecule has 0 saturated carbocycles. The van der Waals surface area contributed by atoms with E-state index in [4.69, 9.17) is 21.1 Å². The molecule has 0 aliphatic heterocycles. The van der Waals surface area contributed by atoms with Crippen molar-refractivity contribution in [1.29, 1.82) is 0 Å². The summed E-state index contributed by atoms with van der Waals surface area (Å²) < 4.78 is 24.1. The molecule has 2 rings (SSSR count). The molecule has 2 aromatic carbocycles. The average molecular weight is 380 g/mol. The fourth-order valence-corrected chi connectivity index (χ4v) is 2.50. The largest absolute Gasteiger partial charge is 0.494 e. The van der Waals surface area contributed by atoms with Crippen molar-refractivity contribution in [2.45, 2.75) is 13.5 Å². The Morgan fingerprint density at radius 1 is 1.15 bits per heavy atom. The first-order chi connectivity index (χ1) is 12.3. The smallest absolute Gasteiger partial charge is 0.260 e. The first kappa shape index (κ1) is 19.7. The number of ether oxygens (including phenoxy) is 2. The van der Waals surface area contributed by atoms with Crippen molar-refractivity contribution in [2.75, 3.05) is 20.8 Å². The molecule has 7 heteroatoms. The van der Waals surface area contributed by atoms with Crippen molar-refractivity contribution < 1.29 is 23.5 Å². The van der Waals surface area contributed by atoms with Crippen molar-refractivity contribution in [3.05, 3.63) is 58.4 Å². The number of Topliss-reactive ketones (excluding diaryl/α,β-unsaturated/α-hetero) is 1. The van der Waals surface area contributed by atoms with E-state index in [1.54, 1.807) is 25.2 Å². The minimum absolute atomic E-state index is 0.144. The fourth-order valence-electron chi connectivity index (χ4n) is 2.32. The molecule has 0 bridgehead atoms. The molecule has 2 aromatic rings. The minimum atomic E-state index is -0.491. The second-order valence-electron chi connectivity index (χ2n) is 5.70. The third-order valence-corrected chi connectivity index (χ3v) is 3.97. The molecular weight excluding hydrogens is 361 g/mol. The van der Waals surface area contributed by atoms with E-state index in [2.05, 4.69) is 0 Å². The molecule has 5 nitrogen and oxygen atoms in total. The molecule has 0 spiro atoms. The lowest BCUT2D eigenvalue weighted by Crippen LogP contribution is -2.31. The number of carbonyl (C=O) groups is 2. The van der Waals surface area contributed by atoms with Crippen LogP contribution in [-0.2, 0) is 11.3 Å². The number of nitrogens with zero attached hydrogens (tertiary/aromatic N) is 1. The third-order valence-electron chi connectivity index (χ3n) is 3.73. The summed E-state index contributed by atoms with van der Waals surface area (Å²) in [4.78, 5) is 25.3. The highest BCUT2D eigenvalue weighted by atomic mass is 35.5. The molecule has 0 fully saturated rings. The summed E-state index contributed by atoms with van der Waals surface area (Å²) >= 11 is 5.88. The molecule has 0 aliphatic carbocycles. The van der Waals surface area contributed by atoms with Gasteiger partial charge < -0.3 is 14.4 Å². The van der Waals surface area contributed by atoms with Crippen LogP contribution in [0.4, 0.5) is 4.39 Å². The van der Waals surface area contributed by atoms with Crippen molar-refractivity contribution in [3.8, 4) is 11.5 Å². The lowest BCUT2D eigenvalue weighted by atomic mass is 10.1. The monoisotopic (exact) mass is 379 g/mol. The number of methoxy groups -OCH3 is 1. The second kappa shape index (κ2) is 8.67. The van der Waals surface area contributed by atoms with Crippen LogP contribution in [0.3, 0.4) is 0 Å². The van der Waals surface area contributed by atoms with E-state index in [0.29, 0.717) is 21.9 Å². The Morgan fingerprint density at radius 3 is 2.46 bits per heavy atom. The highest BCUT2D eigenvalue weighted by Crippen LogP contribution is 2.23. The molecule has 0 saturated heterocycles. The fraction of sp³-hybridized carbons (Fsp3) is 0.263. The highest BCUT2D eigenvalue weighted by molar-refractivity contribution is 6.31. The van der Waals surface area contributed by atoms with E-state index in [0.717, 1.165) is 0 Å². The standard InChI is InChI=1S/C19H19ClFNO4/c1-12(23)15-9-14(20)5-7-17(15)26-11-19(24)22(2)10-13-4-6-18(25-3)16(21)8-13/h4-9H,10-11H2,1-3H3. The van der Waals surface area contributed by atoms with Gasteiger partial charge in [0.15, 0.2) is 24.0 Å². The Bertz CT molecular complexity index is 825. The Kier molecular flexibility index (Phi) is 6.58. The molecule has 0 unspecified atom stereocenters. The molecular formula is C19H19ClFNO4. The van der Waals surface area contributed by atoms with Crippen LogP contribution in [-0.4, -0.2) is 37.4 Å². The number of benzene rings is 2. The number of hydrogen-bond acceptors (Lipinski definition) is 4. The number of hydrogen-bond donors (Lipinski definition) is 0. The van der Waals surface area contributed by atoms with Gasteiger partial charge in [-0.15, -0.1) is 0 Å². The first-order valence-corrected chi connectivity index (χ1v) is 8.19. The van der Waals surface area contributed by atoms with E-state index in [1.165, 1.54) is 37.1 Å². The number of rotatable bonds is 7. The molecule has 0 aliphatic rings. The van der Waals surface area contributed by atoms with E-state index in [1.807, 2.05) is 0 Å². The SMILES string of the molecule is COc1ccc(CN(C)C(=O)COc2ccc(Cl)cc2C(C)=O)cc1F. The first-order valence-electron chi connectivity index (χ1n) is 7.81. The summed E-state index contributed by atoms with van der Waals surface area (Å²) in [5.74, 6) is -0.582. The number of amides is 1. The molecule has 0 aromatic heterocycles. The van der Waals surface area contributed by atoms with E-state index >= 15 is 0 Å². The van der Waals surface area contributed by atoms with E-state index < -0.39 is 5.82 Å². The summed E-state index contributed by atoms with van der Waals surface area (Å²) in [5, 5.41) is 0.410. The van der Waals surface area contributed by atoms with Gasteiger partial charge in [-0.1, -0.05) is 17.7 Å². The van der Waals surface area contributed by atoms with E-state index in [-0.39, 0.29) is 30.6 Å².